The van der Waals surface area contributed by atoms with Crippen molar-refractivity contribution in [2.75, 3.05) is 33.4 Å². The maximum Gasteiger partial charge on any atom is 0.274 e. The third-order valence-electron chi connectivity index (χ3n) is 5.60. The maximum atomic E-state index is 13.1. The van der Waals surface area contributed by atoms with Gasteiger partial charge in [-0.2, -0.15) is 5.10 Å². The van der Waals surface area contributed by atoms with Gasteiger partial charge in [-0.15, -0.1) is 0 Å². The van der Waals surface area contributed by atoms with Crippen molar-refractivity contribution in [3.63, 3.8) is 0 Å². The highest BCUT2D eigenvalue weighted by molar-refractivity contribution is 5.93. The van der Waals surface area contributed by atoms with Gasteiger partial charge >= 0.3 is 0 Å². The zero-order valence-electron chi connectivity index (χ0n) is 17.7. The van der Waals surface area contributed by atoms with Crippen LogP contribution in [0.5, 0.6) is 0 Å². The van der Waals surface area contributed by atoms with E-state index in [1.807, 2.05) is 18.0 Å². The molecule has 1 fully saturated rings. The van der Waals surface area contributed by atoms with Crippen LogP contribution in [0.25, 0.3) is 11.3 Å². The van der Waals surface area contributed by atoms with Crippen LogP contribution in [-0.4, -0.2) is 70.9 Å². The number of aromatic nitrogens is 2. The van der Waals surface area contributed by atoms with Gasteiger partial charge in [-0.25, -0.2) is 0 Å². The first-order chi connectivity index (χ1) is 13.4. The van der Waals surface area contributed by atoms with Crippen molar-refractivity contribution in [1.29, 1.82) is 0 Å². The molecule has 1 aliphatic rings. The molecule has 3 rings (SSSR count). The molecular formula is C22H32N4O2. The number of amides is 1. The zero-order valence-corrected chi connectivity index (χ0v) is 17.7. The van der Waals surface area contributed by atoms with Crippen LogP contribution in [0.3, 0.4) is 0 Å². The minimum Gasteiger partial charge on any atom is -0.385 e. The van der Waals surface area contributed by atoms with Crippen molar-refractivity contribution in [3.8, 4) is 11.3 Å². The molecule has 1 saturated heterocycles. The molecule has 2 heterocycles. The number of rotatable bonds is 6. The fraction of sp³-hybridized carbons (Fsp3) is 0.545. The van der Waals surface area contributed by atoms with Crippen molar-refractivity contribution in [2.24, 2.45) is 7.05 Å². The second-order valence-corrected chi connectivity index (χ2v) is 7.90. The first kappa shape index (κ1) is 20.6. The Balaban J connectivity index is 1.71. The number of piperazine rings is 1. The summed E-state index contributed by atoms with van der Waals surface area (Å²) in [4.78, 5) is 17.5. The fourth-order valence-electron chi connectivity index (χ4n) is 4.08. The quantitative estimate of drug-likeness (QED) is 0.719. The summed E-state index contributed by atoms with van der Waals surface area (Å²) < 4.78 is 6.97. The third kappa shape index (κ3) is 4.45. The van der Waals surface area contributed by atoms with Crippen LogP contribution >= 0.6 is 0 Å². The number of ether oxygens (including phenoxy) is 1. The number of hydrogen-bond donors (Lipinski definition) is 0. The predicted octanol–water partition coefficient (Wildman–Crippen LogP) is 2.97. The van der Waals surface area contributed by atoms with Gasteiger partial charge in [0.15, 0.2) is 5.69 Å². The molecule has 0 saturated carbocycles. The fourth-order valence-corrected chi connectivity index (χ4v) is 4.08. The molecule has 2 atom stereocenters. The lowest BCUT2D eigenvalue weighted by atomic mass is 10.1. The van der Waals surface area contributed by atoms with Crippen LogP contribution < -0.4 is 0 Å². The van der Waals surface area contributed by atoms with E-state index in [2.05, 4.69) is 55.0 Å². The van der Waals surface area contributed by atoms with Crippen LogP contribution in [0.15, 0.2) is 30.3 Å². The monoisotopic (exact) mass is 384 g/mol. The van der Waals surface area contributed by atoms with Crippen LogP contribution in [0, 0.1) is 6.92 Å². The molecule has 0 bridgehead atoms. The van der Waals surface area contributed by atoms with E-state index in [0.29, 0.717) is 17.8 Å². The van der Waals surface area contributed by atoms with Crippen molar-refractivity contribution in [3.05, 3.63) is 41.6 Å². The topological polar surface area (TPSA) is 50.6 Å². The Morgan fingerprint density at radius 2 is 1.82 bits per heavy atom. The summed E-state index contributed by atoms with van der Waals surface area (Å²) in [6.07, 6.45) is 1.01. The maximum absolute atomic E-state index is 13.1. The molecule has 1 aromatic carbocycles. The molecule has 2 aromatic rings. The Morgan fingerprint density at radius 3 is 2.43 bits per heavy atom. The lowest BCUT2D eigenvalue weighted by molar-refractivity contribution is 0.0266. The second kappa shape index (κ2) is 8.88. The van der Waals surface area contributed by atoms with Gasteiger partial charge in [-0.3, -0.25) is 14.4 Å². The van der Waals surface area contributed by atoms with Crippen LogP contribution in [0.2, 0.25) is 0 Å². The van der Waals surface area contributed by atoms with Crippen LogP contribution in [0.4, 0.5) is 0 Å². The molecule has 0 spiro atoms. The van der Waals surface area contributed by atoms with Crippen molar-refractivity contribution >= 4 is 5.91 Å². The summed E-state index contributed by atoms with van der Waals surface area (Å²) in [6.45, 7) is 9.68. The summed E-state index contributed by atoms with van der Waals surface area (Å²) in [5.41, 5.74) is 3.77. The Kier molecular flexibility index (Phi) is 6.52. The number of hydrogen-bond acceptors (Lipinski definition) is 4. The van der Waals surface area contributed by atoms with Crippen molar-refractivity contribution in [1.82, 2.24) is 19.6 Å². The smallest absolute Gasteiger partial charge is 0.274 e. The summed E-state index contributed by atoms with van der Waals surface area (Å²) in [7, 11) is 3.63. The normalized spacial score (nSPS) is 20.5. The van der Waals surface area contributed by atoms with Gasteiger partial charge in [0.05, 0.1) is 5.69 Å². The van der Waals surface area contributed by atoms with E-state index in [1.165, 1.54) is 5.56 Å². The largest absolute Gasteiger partial charge is 0.385 e. The van der Waals surface area contributed by atoms with Crippen molar-refractivity contribution < 1.29 is 9.53 Å². The van der Waals surface area contributed by atoms with Crippen molar-refractivity contribution in [2.45, 2.75) is 39.3 Å². The summed E-state index contributed by atoms with van der Waals surface area (Å²) in [6, 6.07) is 10.9. The third-order valence-corrected chi connectivity index (χ3v) is 5.60. The van der Waals surface area contributed by atoms with E-state index in [9.17, 15) is 4.79 Å². The highest BCUT2D eigenvalue weighted by Gasteiger charge is 2.32. The van der Waals surface area contributed by atoms with Gasteiger partial charge in [0.2, 0.25) is 0 Å². The summed E-state index contributed by atoms with van der Waals surface area (Å²) >= 11 is 0. The second-order valence-electron chi connectivity index (χ2n) is 7.90. The number of carbonyl (C=O) groups excluding carboxylic acids is 1. The number of aryl methyl sites for hydroxylation is 2. The highest BCUT2D eigenvalue weighted by Crippen LogP contribution is 2.23. The number of nitrogens with zero attached hydrogens (tertiary/aromatic N) is 4. The van der Waals surface area contributed by atoms with Gasteiger partial charge in [-0.05, 0) is 38.8 Å². The Morgan fingerprint density at radius 1 is 1.18 bits per heavy atom. The first-order valence-electron chi connectivity index (χ1n) is 10.1. The van der Waals surface area contributed by atoms with E-state index in [-0.39, 0.29) is 5.91 Å². The minimum atomic E-state index is 0.0178. The molecule has 152 valence electrons. The lowest BCUT2D eigenvalue weighted by Gasteiger charge is -2.44. The number of benzene rings is 1. The molecule has 0 N–H and O–H groups in total. The molecule has 6 nitrogen and oxygen atoms in total. The van der Waals surface area contributed by atoms with Gasteiger partial charge in [0.25, 0.3) is 5.91 Å². The SMILES string of the molecule is COCCCN1C(C)CN(C(=O)c2cc(-c3ccc(C)cc3)n(C)n2)CC1C. The Labute approximate surface area is 168 Å². The molecule has 1 amide bonds. The zero-order chi connectivity index (χ0) is 20.3. The molecule has 6 heteroatoms. The van der Waals surface area contributed by atoms with Crippen LogP contribution in [-0.2, 0) is 11.8 Å². The summed E-state index contributed by atoms with van der Waals surface area (Å²) in [5.74, 6) is 0.0178. The number of methoxy groups -OCH3 is 1. The molecule has 1 aromatic heterocycles. The minimum absolute atomic E-state index is 0.0178. The lowest BCUT2D eigenvalue weighted by Crippen LogP contribution is -2.58. The van der Waals surface area contributed by atoms with E-state index >= 15 is 0 Å². The molecular weight excluding hydrogens is 352 g/mol. The highest BCUT2D eigenvalue weighted by atomic mass is 16.5. The molecule has 2 unspecified atom stereocenters. The molecule has 0 aliphatic carbocycles. The molecule has 28 heavy (non-hydrogen) atoms. The number of carbonyl (C=O) groups is 1. The molecule has 1 aliphatic heterocycles. The van der Waals surface area contributed by atoms with Gasteiger partial charge < -0.3 is 9.64 Å². The van der Waals surface area contributed by atoms with E-state index in [1.54, 1.807) is 11.8 Å². The van der Waals surface area contributed by atoms with E-state index in [0.717, 1.165) is 43.9 Å². The average molecular weight is 385 g/mol. The molecule has 0 radical (unpaired) electrons. The Bertz CT molecular complexity index is 787. The van der Waals surface area contributed by atoms with Gasteiger partial charge in [0.1, 0.15) is 0 Å². The van der Waals surface area contributed by atoms with E-state index < -0.39 is 0 Å². The van der Waals surface area contributed by atoms with E-state index in [4.69, 9.17) is 4.74 Å². The Hall–Kier alpha value is -2.18. The summed E-state index contributed by atoms with van der Waals surface area (Å²) in [5, 5.41) is 4.51. The van der Waals surface area contributed by atoms with Crippen LogP contribution in [0.1, 0.15) is 36.3 Å². The van der Waals surface area contributed by atoms with Gasteiger partial charge in [-0.1, -0.05) is 29.8 Å². The first-order valence-corrected chi connectivity index (χ1v) is 10.1. The average Bonchev–Trinajstić information content (AvgIpc) is 3.05. The predicted molar refractivity (Wildman–Crippen MR) is 111 cm³/mol. The standard InChI is InChI=1S/C22H32N4O2/c1-16-7-9-19(10-8-16)21-13-20(23-24(21)4)22(27)25-14-17(2)26(18(3)15-25)11-6-12-28-5/h7-10,13,17-18H,6,11-12,14-15H2,1-5H3. The van der Waals surface area contributed by atoms with Gasteiger partial charge in [0, 0.05) is 52.5 Å².